The summed E-state index contributed by atoms with van der Waals surface area (Å²) in [5, 5.41) is 7.48. The number of ether oxygens (including phenoxy) is 1. The maximum Gasteiger partial charge on any atom is 0.221 e. The largest absolute Gasteiger partial charge is 0.379 e. The molecule has 1 saturated heterocycles. The predicted molar refractivity (Wildman–Crippen MR) is 98.7 cm³/mol. The smallest absolute Gasteiger partial charge is 0.221 e. The number of amides is 1. The first-order chi connectivity index (χ1) is 12.6. The van der Waals surface area contributed by atoms with E-state index in [1.165, 1.54) is 0 Å². The monoisotopic (exact) mass is 357 g/mol. The quantitative estimate of drug-likeness (QED) is 0.813. The number of hydrogen-bond acceptors (Lipinski definition) is 5. The van der Waals surface area contributed by atoms with Crippen molar-refractivity contribution in [1.29, 1.82) is 0 Å². The van der Waals surface area contributed by atoms with Crippen molar-refractivity contribution in [2.24, 2.45) is 0 Å². The van der Waals surface area contributed by atoms with Crippen LogP contribution in [0.1, 0.15) is 29.5 Å². The highest BCUT2D eigenvalue weighted by atomic mass is 16.5. The molecule has 2 aromatic heterocycles. The Balaban J connectivity index is 1.56. The van der Waals surface area contributed by atoms with Crippen molar-refractivity contribution >= 4 is 5.91 Å². The second kappa shape index (κ2) is 8.91. The maximum absolute atomic E-state index is 12.3. The number of nitrogens with one attached hydrogen (secondary N) is 1. The minimum absolute atomic E-state index is 0.0340. The van der Waals surface area contributed by atoms with E-state index in [0.29, 0.717) is 19.5 Å². The molecule has 26 heavy (non-hydrogen) atoms. The minimum atomic E-state index is 0.0340. The summed E-state index contributed by atoms with van der Waals surface area (Å²) < 4.78 is 7.34. The molecule has 0 spiro atoms. The Morgan fingerprint density at radius 3 is 2.77 bits per heavy atom. The third-order valence-electron chi connectivity index (χ3n) is 4.66. The number of aromatic nitrogens is 3. The third kappa shape index (κ3) is 4.89. The van der Waals surface area contributed by atoms with Gasteiger partial charge in [0.05, 0.1) is 30.6 Å². The van der Waals surface area contributed by atoms with Crippen LogP contribution in [0.3, 0.4) is 0 Å². The van der Waals surface area contributed by atoms with Crippen LogP contribution in [-0.2, 0) is 16.1 Å². The molecule has 3 heterocycles. The van der Waals surface area contributed by atoms with Gasteiger partial charge in [0.25, 0.3) is 0 Å². The molecule has 0 bridgehead atoms. The van der Waals surface area contributed by atoms with E-state index in [1.807, 2.05) is 42.8 Å². The summed E-state index contributed by atoms with van der Waals surface area (Å²) in [7, 11) is 0. The summed E-state index contributed by atoms with van der Waals surface area (Å²) in [5.74, 6) is 0.0340. The summed E-state index contributed by atoms with van der Waals surface area (Å²) in [6.45, 7) is 8.25. The summed E-state index contributed by atoms with van der Waals surface area (Å²) in [6, 6.07) is 8.00. The van der Waals surface area contributed by atoms with Gasteiger partial charge in [-0.3, -0.25) is 19.4 Å². The van der Waals surface area contributed by atoms with E-state index < -0.39 is 0 Å². The molecule has 1 aliphatic rings. The first kappa shape index (κ1) is 18.5. The van der Waals surface area contributed by atoms with Crippen LogP contribution in [0.5, 0.6) is 0 Å². The second-order valence-electron chi connectivity index (χ2n) is 6.62. The molecule has 1 fully saturated rings. The van der Waals surface area contributed by atoms with E-state index in [4.69, 9.17) is 4.74 Å². The van der Waals surface area contributed by atoms with Gasteiger partial charge in [-0.05, 0) is 32.0 Å². The lowest BCUT2D eigenvalue weighted by Gasteiger charge is -2.34. The molecule has 0 aromatic carbocycles. The first-order valence-corrected chi connectivity index (χ1v) is 9.14. The standard InChI is InChI=1S/C19H27N5O2/c1-15-13-16(2)24(22-15)8-6-19(25)21-14-18(17-5-3-4-7-20-17)23-9-11-26-12-10-23/h3-5,7,13,18H,6,8-12,14H2,1-2H3,(H,21,25). The zero-order valence-electron chi connectivity index (χ0n) is 15.5. The van der Waals surface area contributed by atoms with Crippen LogP contribution in [0, 0.1) is 13.8 Å². The van der Waals surface area contributed by atoms with Gasteiger partial charge in [0, 0.05) is 44.5 Å². The molecule has 2 aromatic rings. The fourth-order valence-corrected chi connectivity index (χ4v) is 3.29. The van der Waals surface area contributed by atoms with Crippen molar-refractivity contribution in [2.45, 2.75) is 32.9 Å². The highest BCUT2D eigenvalue weighted by molar-refractivity contribution is 5.75. The Labute approximate surface area is 154 Å². The highest BCUT2D eigenvalue weighted by Crippen LogP contribution is 2.19. The van der Waals surface area contributed by atoms with Gasteiger partial charge >= 0.3 is 0 Å². The number of carbonyl (C=O) groups excluding carboxylic acids is 1. The Hall–Kier alpha value is -2.25. The van der Waals surface area contributed by atoms with Crippen LogP contribution < -0.4 is 5.32 Å². The Bertz CT molecular complexity index is 710. The van der Waals surface area contributed by atoms with Gasteiger partial charge < -0.3 is 10.1 Å². The normalized spacial score (nSPS) is 16.4. The van der Waals surface area contributed by atoms with Crippen molar-refractivity contribution in [3.05, 3.63) is 47.5 Å². The number of aryl methyl sites for hydroxylation is 3. The van der Waals surface area contributed by atoms with Crippen molar-refractivity contribution < 1.29 is 9.53 Å². The van der Waals surface area contributed by atoms with Crippen molar-refractivity contribution in [1.82, 2.24) is 25.0 Å². The van der Waals surface area contributed by atoms with Crippen molar-refractivity contribution in [2.75, 3.05) is 32.8 Å². The molecule has 3 rings (SSSR count). The lowest BCUT2D eigenvalue weighted by Crippen LogP contribution is -2.44. The fourth-order valence-electron chi connectivity index (χ4n) is 3.29. The van der Waals surface area contributed by atoms with Crippen LogP contribution in [-0.4, -0.2) is 58.4 Å². The Morgan fingerprint density at radius 2 is 2.12 bits per heavy atom. The van der Waals surface area contributed by atoms with Crippen LogP contribution in [0.25, 0.3) is 0 Å². The van der Waals surface area contributed by atoms with Gasteiger partial charge in [-0.1, -0.05) is 6.07 Å². The van der Waals surface area contributed by atoms with E-state index >= 15 is 0 Å². The Kier molecular flexibility index (Phi) is 6.35. The Morgan fingerprint density at radius 1 is 1.31 bits per heavy atom. The third-order valence-corrected chi connectivity index (χ3v) is 4.66. The van der Waals surface area contributed by atoms with Crippen molar-refractivity contribution in [3.63, 3.8) is 0 Å². The SMILES string of the molecule is Cc1cc(C)n(CCC(=O)NCC(c2ccccn2)N2CCOCC2)n1. The molecule has 1 amide bonds. The van der Waals surface area contributed by atoms with E-state index in [-0.39, 0.29) is 11.9 Å². The minimum Gasteiger partial charge on any atom is -0.379 e. The molecule has 140 valence electrons. The van der Waals surface area contributed by atoms with Crippen LogP contribution in [0.2, 0.25) is 0 Å². The molecule has 1 unspecified atom stereocenters. The maximum atomic E-state index is 12.3. The summed E-state index contributed by atoms with van der Waals surface area (Å²) in [5.41, 5.74) is 3.04. The predicted octanol–water partition coefficient (Wildman–Crippen LogP) is 1.47. The average molecular weight is 357 g/mol. The zero-order chi connectivity index (χ0) is 18.4. The number of pyridine rings is 1. The number of carbonyl (C=O) groups is 1. The van der Waals surface area contributed by atoms with Gasteiger partial charge in [-0.25, -0.2) is 0 Å². The van der Waals surface area contributed by atoms with E-state index in [2.05, 4.69) is 20.3 Å². The average Bonchev–Trinajstić information content (AvgIpc) is 2.99. The molecule has 0 radical (unpaired) electrons. The molecular weight excluding hydrogens is 330 g/mol. The molecule has 0 saturated carbocycles. The lowest BCUT2D eigenvalue weighted by molar-refractivity contribution is -0.121. The zero-order valence-corrected chi connectivity index (χ0v) is 15.5. The van der Waals surface area contributed by atoms with Crippen LogP contribution in [0.4, 0.5) is 0 Å². The summed E-state index contributed by atoms with van der Waals surface area (Å²) in [6.07, 6.45) is 2.22. The van der Waals surface area contributed by atoms with Crippen LogP contribution >= 0.6 is 0 Å². The number of nitrogens with zero attached hydrogens (tertiary/aromatic N) is 4. The second-order valence-corrected chi connectivity index (χ2v) is 6.62. The van der Waals surface area contributed by atoms with Gasteiger partial charge in [0.1, 0.15) is 0 Å². The first-order valence-electron chi connectivity index (χ1n) is 9.14. The van der Waals surface area contributed by atoms with Gasteiger partial charge in [0.15, 0.2) is 0 Å². The van der Waals surface area contributed by atoms with Gasteiger partial charge in [-0.2, -0.15) is 5.10 Å². The molecule has 1 N–H and O–H groups in total. The fraction of sp³-hybridized carbons (Fsp3) is 0.526. The highest BCUT2D eigenvalue weighted by Gasteiger charge is 2.24. The molecular formula is C19H27N5O2. The van der Waals surface area contributed by atoms with E-state index in [0.717, 1.165) is 43.4 Å². The van der Waals surface area contributed by atoms with Gasteiger partial charge in [-0.15, -0.1) is 0 Å². The number of morpholine rings is 1. The number of hydrogen-bond donors (Lipinski definition) is 1. The van der Waals surface area contributed by atoms with Crippen molar-refractivity contribution in [3.8, 4) is 0 Å². The lowest BCUT2D eigenvalue weighted by atomic mass is 10.1. The molecule has 7 nitrogen and oxygen atoms in total. The number of rotatable bonds is 7. The summed E-state index contributed by atoms with van der Waals surface area (Å²) >= 11 is 0. The summed E-state index contributed by atoms with van der Waals surface area (Å²) in [4.78, 5) is 19.2. The topological polar surface area (TPSA) is 72.3 Å². The van der Waals surface area contributed by atoms with E-state index in [9.17, 15) is 4.79 Å². The molecule has 7 heteroatoms. The van der Waals surface area contributed by atoms with E-state index in [1.54, 1.807) is 6.20 Å². The molecule has 1 atom stereocenters. The molecule has 0 aliphatic carbocycles. The van der Waals surface area contributed by atoms with Crippen LogP contribution in [0.15, 0.2) is 30.5 Å². The van der Waals surface area contributed by atoms with Gasteiger partial charge in [0.2, 0.25) is 5.91 Å². The molecule has 1 aliphatic heterocycles.